The van der Waals surface area contributed by atoms with Crippen LogP contribution in [-0.4, -0.2) is 41.9 Å². The molecule has 1 unspecified atom stereocenters. The third-order valence-electron chi connectivity index (χ3n) is 2.76. The first-order valence-electron chi connectivity index (χ1n) is 6.22. The van der Waals surface area contributed by atoms with E-state index in [1.165, 1.54) is 5.54 Å². The largest absolute Gasteiger partial charge is 0.444 e. The molecule has 0 aromatic rings. The SMILES string of the molecule is CC(C)(C)OC(=O)N1CCC(C)(OCC(Cl)=CCl)C1. The molecule has 0 aromatic carbocycles. The minimum atomic E-state index is -0.485. The maximum absolute atomic E-state index is 11.9. The molecule has 1 aliphatic rings. The lowest BCUT2D eigenvalue weighted by Crippen LogP contribution is -2.39. The van der Waals surface area contributed by atoms with E-state index in [-0.39, 0.29) is 12.7 Å². The molecule has 4 nitrogen and oxygen atoms in total. The lowest BCUT2D eigenvalue weighted by Gasteiger charge is -2.27. The van der Waals surface area contributed by atoms with Crippen LogP contribution in [-0.2, 0) is 9.47 Å². The summed E-state index contributed by atoms with van der Waals surface area (Å²) in [5.41, 5.74) is 0.393. The predicted molar refractivity (Wildman–Crippen MR) is 76.6 cm³/mol. The lowest BCUT2D eigenvalue weighted by molar-refractivity contribution is -0.0149. The first-order chi connectivity index (χ1) is 8.65. The van der Waals surface area contributed by atoms with Gasteiger partial charge >= 0.3 is 6.09 Å². The second kappa shape index (κ2) is 6.33. The number of nitrogens with zero attached hydrogens (tertiary/aromatic N) is 1. The fourth-order valence-corrected chi connectivity index (χ4v) is 1.93. The van der Waals surface area contributed by atoms with Crippen molar-refractivity contribution in [3.63, 3.8) is 0 Å². The molecule has 110 valence electrons. The molecular weight excluding hydrogens is 289 g/mol. The number of carbonyl (C=O) groups is 1. The van der Waals surface area contributed by atoms with Gasteiger partial charge in [0.25, 0.3) is 0 Å². The molecule has 19 heavy (non-hydrogen) atoms. The van der Waals surface area contributed by atoms with Gasteiger partial charge in [-0.25, -0.2) is 4.79 Å². The van der Waals surface area contributed by atoms with Crippen LogP contribution in [0.2, 0.25) is 0 Å². The zero-order valence-electron chi connectivity index (χ0n) is 11.8. The number of ether oxygens (including phenoxy) is 2. The molecule has 1 heterocycles. The summed E-state index contributed by atoms with van der Waals surface area (Å²) in [4.78, 5) is 13.6. The van der Waals surface area contributed by atoms with Crippen LogP contribution >= 0.6 is 23.2 Å². The van der Waals surface area contributed by atoms with Crippen LogP contribution in [0.5, 0.6) is 0 Å². The van der Waals surface area contributed by atoms with E-state index in [0.29, 0.717) is 18.1 Å². The van der Waals surface area contributed by atoms with Crippen molar-refractivity contribution in [2.75, 3.05) is 19.7 Å². The van der Waals surface area contributed by atoms with Crippen LogP contribution in [0.1, 0.15) is 34.1 Å². The summed E-state index contributed by atoms with van der Waals surface area (Å²) in [5.74, 6) is 0. The van der Waals surface area contributed by atoms with Gasteiger partial charge in [0, 0.05) is 12.1 Å². The monoisotopic (exact) mass is 309 g/mol. The van der Waals surface area contributed by atoms with Gasteiger partial charge in [0.05, 0.1) is 23.8 Å². The summed E-state index contributed by atoms with van der Waals surface area (Å²) >= 11 is 11.3. The van der Waals surface area contributed by atoms with Gasteiger partial charge in [-0.15, -0.1) is 0 Å². The Kier molecular flexibility index (Phi) is 5.53. The van der Waals surface area contributed by atoms with Crippen LogP contribution in [0.25, 0.3) is 0 Å². The fourth-order valence-electron chi connectivity index (χ4n) is 1.81. The highest BCUT2D eigenvalue weighted by Crippen LogP contribution is 2.27. The summed E-state index contributed by atoms with van der Waals surface area (Å²) < 4.78 is 11.1. The average molecular weight is 310 g/mol. The maximum Gasteiger partial charge on any atom is 0.410 e. The van der Waals surface area contributed by atoms with Crippen LogP contribution in [0.3, 0.4) is 0 Å². The third kappa shape index (κ3) is 5.59. The smallest absolute Gasteiger partial charge is 0.410 e. The molecule has 0 aromatic heterocycles. The Morgan fingerprint density at radius 1 is 1.47 bits per heavy atom. The van der Waals surface area contributed by atoms with Crippen molar-refractivity contribution in [1.29, 1.82) is 0 Å². The quantitative estimate of drug-likeness (QED) is 0.797. The van der Waals surface area contributed by atoms with Crippen LogP contribution in [0.4, 0.5) is 4.79 Å². The highest BCUT2D eigenvalue weighted by molar-refractivity contribution is 6.36. The van der Waals surface area contributed by atoms with Crippen molar-refractivity contribution in [3.8, 4) is 0 Å². The predicted octanol–water partition coefficient (Wildman–Crippen LogP) is 3.72. The van der Waals surface area contributed by atoms with Gasteiger partial charge in [0.1, 0.15) is 5.60 Å². The van der Waals surface area contributed by atoms with Gasteiger partial charge in [0.15, 0.2) is 0 Å². The Hall–Kier alpha value is -0.450. The molecule has 0 aliphatic carbocycles. The second-order valence-electron chi connectivity index (χ2n) is 5.95. The standard InChI is InChI=1S/C13H21Cl2NO3/c1-12(2,3)19-11(17)16-6-5-13(4,9-16)18-8-10(15)7-14/h7H,5-6,8-9H2,1-4H3. The highest BCUT2D eigenvalue weighted by atomic mass is 35.5. The van der Waals surface area contributed by atoms with E-state index in [4.69, 9.17) is 32.7 Å². The summed E-state index contributed by atoms with van der Waals surface area (Å²) in [6.07, 6.45) is 0.442. The van der Waals surface area contributed by atoms with E-state index in [2.05, 4.69) is 0 Å². The Morgan fingerprint density at radius 3 is 2.63 bits per heavy atom. The van der Waals surface area contributed by atoms with Gasteiger partial charge in [-0.1, -0.05) is 23.2 Å². The van der Waals surface area contributed by atoms with E-state index in [0.717, 1.165) is 6.42 Å². The molecule has 0 spiro atoms. The average Bonchev–Trinajstić information content (AvgIpc) is 2.67. The number of halogens is 2. The molecule has 1 fully saturated rings. The second-order valence-corrected chi connectivity index (χ2v) is 6.65. The lowest BCUT2D eigenvalue weighted by atomic mass is 10.1. The van der Waals surface area contributed by atoms with Crippen LogP contribution in [0, 0.1) is 0 Å². The molecule has 0 saturated carbocycles. The molecule has 0 N–H and O–H groups in total. The number of carbonyl (C=O) groups excluding carboxylic acids is 1. The zero-order chi connectivity index (χ0) is 14.7. The van der Waals surface area contributed by atoms with Crippen molar-refractivity contribution in [2.24, 2.45) is 0 Å². The summed E-state index contributed by atoms with van der Waals surface area (Å²) in [5, 5.41) is 0.443. The van der Waals surface area contributed by atoms with Crippen molar-refractivity contribution < 1.29 is 14.3 Å². The van der Waals surface area contributed by atoms with Gasteiger partial charge < -0.3 is 14.4 Å². The third-order valence-corrected chi connectivity index (χ3v) is 3.36. The minimum absolute atomic E-state index is 0.254. The van der Waals surface area contributed by atoms with E-state index in [1.807, 2.05) is 27.7 Å². The molecule has 1 saturated heterocycles. The van der Waals surface area contributed by atoms with Crippen LogP contribution < -0.4 is 0 Å². The molecule has 1 amide bonds. The van der Waals surface area contributed by atoms with Crippen molar-refractivity contribution in [3.05, 3.63) is 10.6 Å². The van der Waals surface area contributed by atoms with Gasteiger partial charge in [-0.05, 0) is 34.1 Å². The Labute approximate surface area is 124 Å². The topological polar surface area (TPSA) is 38.8 Å². The van der Waals surface area contributed by atoms with Gasteiger partial charge in [-0.3, -0.25) is 0 Å². The Balaban J connectivity index is 2.50. The molecule has 1 rings (SSSR count). The summed E-state index contributed by atoms with van der Waals surface area (Å²) in [7, 11) is 0. The van der Waals surface area contributed by atoms with E-state index in [9.17, 15) is 4.79 Å². The number of rotatable bonds is 3. The fraction of sp³-hybridized carbons (Fsp3) is 0.769. The van der Waals surface area contributed by atoms with Crippen LogP contribution in [0.15, 0.2) is 10.6 Å². The highest BCUT2D eigenvalue weighted by Gasteiger charge is 2.38. The van der Waals surface area contributed by atoms with E-state index in [1.54, 1.807) is 4.90 Å². The molecule has 6 heteroatoms. The van der Waals surface area contributed by atoms with Crippen molar-refractivity contribution in [1.82, 2.24) is 4.90 Å². The normalized spacial score (nSPS) is 24.7. The maximum atomic E-state index is 11.9. The number of hydrogen-bond donors (Lipinski definition) is 0. The van der Waals surface area contributed by atoms with E-state index < -0.39 is 11.2 Å². The molecule has 1 atom stereocenters. The Bertz CT molecular complexity index is 365. The number of hydrogen-bond acceptors (Lipinski definition) is 3. The molecule has 0 bridgehead atoms. The molecular formula is C13H21Cl2NO3. The molecule has 0 radical (unpaired) electrons. The summed E-state index contributed by atoms with van der Waals surface area (Å²) in [6.45, 7) is 8.87. The zero-order valence-corrected chi connectivity index (χ0v) is 13.3. The van der Waals surface area contributed by atoms with Crippen molar-refractivity contribution >= 4 is 29.3 Å². The number of amides is 1. The number of likely N-dealkylation sites (tertiary alicyclic amines) is 1. The van der Waals surface area contributed by atoms with Crippen molar-refractivity contribution in [2.45, 2.75) is 45.3 Å². The summed E-state index contributed by atoms with van der Waals surface area (Å²) in [6, 6.07) is 0. The van der Waals surface area contributed by atoms with Gasteiger partial charge in [0.2, 0.25) is 0 Å². The minimum Gasteiger partial charge on any atom is -0.444 e. The molecule has 1 aliphatic heterocycles. The van der Waals surface area contributed by atoms with E-state index >= 15 is 0 Å². The first-order valence-corrected chi connectivity index (χ1v) is 7.03. The van der Waals surface area contributed by atoms with Gasteiger partial charge in [-0.2, -0.15) is 0 Å². The first kappa shape index (κ1) is 16.6. The Morgan fingerprint density at radius 2 is 2.11 bits per heavy atom.